The first kappa shape index (κ1) is 13.2. The van der Waals surface area contributed by atoms with Crippen molar-refractivity contribution in [2.75, 3.05) is 19.0 Å². The maximum absolute atomic E-state index is 10.8. The molecule has 1 aromatic rings. The Morgan fingerprint density at radius 3 is 2.50 bits per heavy atom. The highest BCUT2D eigenvalue weighted by atomic mass is 32.2. The van der Waals surface area contributed by atoms with Crippen molar-refractivity contribution in [1.29, 1.82) is 0 Å². The van der Waals surface area contributed by atoms with E-state index in [1.807, 2.05) is 25.9 Å². The molecule has 0 aromatic carbocycles. The quantitative estimate of drug-likeness (QED) is 0.815. The Morgan fingerprint density at radius 2 is 2.06 bits per heavy atom. The van der Waals surface area contributed by atoms with Crippen LogP contribution in [-0.2, 0) is 4.79 Å². The van der Waals surface area contributed by atoms with E-state index >= 15 is 0 Å². The second-order valence-electron chi connectivity index (χ2n) is 3.69. The average molecular weight is 261 g/mol. The van der Waals surface area contributed by atoms with Crippen LogP contribution in [0.3, 0.4) is 0 Å². The van der Waals surface area contributed by atoms with Gasteiger partial charge in [0.1, 0.15) is 0 Å². The van der Waals surface area contributed by atoms with Crippen molar-refractivity contribution in [3.8, 4) is 0 Å². The number of carboxylic acid groups (broad SMARTS) is 1. The summed E-state index contributed by atoms with van der Waals surface area (Å²) in [6, 6.07) is 0. The average Bonchev–Trinajstić information content (AvgIpc) is 2.64. The highest BCUT2D eigenvalue weighted by Crippen LogP contribution is 2.32. The van der Waals surface area contributed by atoms with Crippen molar-refractivity contribution < 1.29 is 9.90 Å². The molecule has 0 saturated heterocycles. The lowest BCUT2D eigenvalue weighted by Gasteiger charge is -2.12. The van der Waals surface area contributed by atoms with E-state index in [-0.39, 0.29) is 5.25 Å². The Bertz CT molecular complexity index is 367. The number of hydrogen-bond donors (Lipinski definition) is 1. The fourth-order valence-corrected chi connectivity index (χ4v) is 2.99. The number of thioether (sulfide) groups is 1. The lowest BCUT2D eigenvalue weighted by Crippen LogP contribution is -2.19. The number of carboxylic acids is 1. The summed E-state index contributed by atoms with van der Waals surface area (Å²) in [6.45, 7) is 3.59. The zero-order valence-electron chi connectivity index (χ0n) is 9.67. The van der Waals surface area contributed by atoms with Crippen LogP contribution in [0.25, 0.3) is 0 Å². The van der Waals surface area contributed by atoms with Gasteiger partial charge in [-0.05, 0) is 0 Å². The van der Waals surface area contributed by atoms with Gasteiger partial charge in [0.25, 0.3) is 0 Å². The predicted octanol–water partition coefficient (Wildman–Crippen LogP) is 1.81. The van der Waals surface area contributed by atoms with Crippen LogP contribution in [0.2, 0.25) is 0 Å². The second-order valence-corrected chi connectivity index (χ2v) is 6.28. The molecule has 0 amide bonds. The monoisotopic (exact) mass is 261 g/mol. The zero-order valence-corrected chi connectivity index (χ0v) is 11.3. The first-order valence-electron chi connectivity index (χ1n) is 4.82. The van der Waals surface area contributed by atoms with Crippen LogP contribution < -0.4 is 4.90 Å². The predicted molar refractivity (Wildman–Crippen MR) is 66.4 cm³/mol. The van der Waals surface area contributed by atoms with Gasteiger partial charge in [-0.1, -0.05) is 36.9 Å². The van der Waals surface area contributed by atoms with Gasteiger partial charge >= 0.3 is 5.97 Å². The third-order valence-electron chi connectivity index (χ3n) is 2.16. The van der Waals surface area contributed by atoms with Crippen molar-refractivity contribution in [2.24, 2.45) is 5.92 Å². The molecular weight excluding hydrogens is 246 g/mol. The van der Waals surface area contributed by atoms with Crippen molar-refractivity contribution >= 4 is 34.2 Å². The molecule has 0 aliphatic rings. The normalized spacial score (nSPS) is 14.5. The van der Waals surface area contributed by atoms with Gasteiger partial charge in [-0.25, -0.2) is 0 Å². The van der Waals surface area contributed by atoms with Crippen LogP contribution in [0.1, 0.15) is 13.8 Å². The maximum Gasteiger partial charge on any atom is 0.307 e. The lowest BCUT2D eigenvalue weighted by molar-refractivity contribution is -0.140. The second kappa shape index (κ2) is 5.49. The van der Waals surface area contributed by atoms with Crippen molar-refractivity contribution in [3.63, 3.8) is 0 Å². The Balaban J connectivity index is 2.62. The van der Waals surface area contributed by atoms with Crippen LogP contribution in [0.4, 0.5) is 5.13 Å². The van der Waals surface area contributed by atoms with Gasteiger partial charge in [0.05, 0.1) is 5.92 Å². The van der Waals surface area contributed by atoms with E-state index in [1.54, 1.807) is 6.92 Å². The SMILES string of the molecule is CC(Sc1nnc(N(C)C)s1)C(C)C(=O)O. The molecule has 0 fully saturated rings. The first-order valence-corrected chi connectivity index (χ1v) is 6.51. The Morgan fingerprint density at radius 1 is 1.44 bits per heavy atom. The Labute approximate surface area is 103 Å². The smallest absolute Gasteiger partial charge is 0.307 e. The highest BCUT2D eigenvalue weighted by Gasteiger charge is 2.22. The van der Waals surface area contributed by atoms with Gasteiger partial charge in [0, 0.05) is 19.3 Å². The minimum atomic E-state index is -0.780. The summed E-state index contributed by atoms with van der Waals surface area (Å²) >= 11 is 2.93. The van der Waals surface area contributed by atoms with E-state index < -0.39 is 11.9 Å². The molecule has 1 rings (SSSR count). The summed E-state index contributed by atoms with van der Waals surface area (Å²) in [4.78, 5) is 12.7. The molecule has 5 nitrogen and oxygen atoms in total. The third kappa shape index (κ3) is 3.34. The molecular formula is C9H15N3O2S2. The van der Waals surface area contributed by atoms with E-state index in [1.165, 1.54) is 23.1 Å². The minimum absolute atomic E-state index is 0.0135. The number of aromatic nitrogens is 2. The summed E-state index contributed by atoms with van der Waals surface area (Å²) in [5, 5.41) is 17.7. The molecule has 7 heteroatoms. The Hall–Kier alpha value is -0.820. The molecule has 16 heavy (non-hydrogen) atoms. The number of nitrogens with zero attached hydrogens (tertiary/aromatic N) is 3. The number of anilines is 1. The largest absolute Gasteiger partial charge is 0.481 e. The third-order valence-corrected chi connectivity index (χ3v) is 4.65. The molecule has 2 atom stereocenters. The highest BCUT2D eigenvalue weighted by molar-refractivity contribution is 8.01. The molecule has 1 heterocycles. The standard InChI is InChI=1S/C9H15N3O2S2/c1-5(7(13)14)6(2)15-9-11-10-8(16-9)12(3)4/h5-6H,1-4H3,(H,13,14). The fourth-order valence-electron chi connectivity index (χ4n) is 0.893. The molecule has 2 unspecified atom stereocenters. The fraction of sp³-hybridized carbons (Fsp3) is 0.667. The molecule has 0 spiro atoms. The van der Waals surface area contributed by atoms with Crippen molar-refractivity contribution in [1.82, 2.24) is 10.2 Å². The van der Waals surface area contributed by atoms with E-state index in [0.29, 0.717) is 0 Å². The number of aliphatic carboxylic acids is 1. The van der Waals surface area contributed by atoms with Crippen molar-refractivity contribution in [3.05, 3.63) is 0 Å². The van der Waals surface area contributed by atoms with Crippen LogP contribution in [0.5, 0.6) is 0 Å². The number of carbonyl (C=O) groups is 1. The summed E-state index contributed by atoms with van der Waals surface area (Å²) in [6.07, 6.45) is 0. The molecule has 0 bridgehead atoms. The maximum atomic E-state index is 10.8. The molecule has 1 aromatic heterocycles. The van der Waals surface area contributed by atoms with Crippen LogP contribution in [0.15, 0.2) is 4.34 Å². The van der Waals surface area contributed by atoms with Crippen LogP contribution >= 0.6 is 23.1 Å². The van der Waals surface area contributed by atoms with Crippen molar-refractivity contribution in [2.45, 2.75) is 23.4 Å². The summed E-state index contributed by atoms with van der Waals surface area (Å²) in [7, 11) is 3.80. The molecule has 0 aliphatic heterocycles. The number of rotatable bonds is 5. The van der Waals surface area contributed by atoms with E-state index in [9.17, 15) is 4.79 Å². The topological polar surface area (TPSA) is 66.3 Å². The molecule has 0 radical (unpaired) electrons. The van der Waals surface area contributed by atoms with Gasteiger partial charge in [0.15, 0.2) is 4.34 Å². The summed E-state index contributed by atoms with van der Waals surface area (Å²) in [5.41, 5.74) is 0. The minimum Gasteiger partial charge on any atom is -0.481 e. The van der Waals surface area contributed by atoms with Crippen LogP contribution in [0, 0.1) is 5.92 Å². The molecule has 0 aliphatic carbocycles. The van der Waals surface area contributed by atoms with Gasteiger partial charge in [-0.15, -0.1) is 10.2 Å². The van der Waals surface area contributed by atoms with Gasteiger partial charge in [-0.2, -0.15) is 0 Å². The zero-order chi connectivity index (χ0) is 12.3. The van der Waals surface area contributed by atoms with Gasteiger partial charge in [0.2, 0.25) is 5.13 Å². The number of hydrogen-bond acceptors (Lipinski definition) is 6. The summed E-state index contributed by atoms with van der Waals surface area (Å²) < 4.78 is 0.810. The lowest BCUT2D eigenvalue weighted by atomic mass is 10.1. The Kier molecular flexibility index (Phi) is 4.55. The van der Waals surface area contributed by atoms with Gasteiger partial charge in [-0.3, -0.25) is 4.79 Å². The molecule has 90 valence electrons. The molecule has 0 saturated carbocycles. The molecule has 1 N–H and O–H groups in total. The first-order chi connectivity index (χ1) is 7.41. The van der Waals surface area contributed by atoms with E-state index in [2.05, 4.69) is 10.2 Å². The van der Waals surface area contributed by atoms with E-state index in [4.69, 9.17) is 5.11 Å². The van der Waals surface area contributed by atoms with Crippen LogP contribution in [-0.4, -0.2) is 40.6 Å². The van der Waals surface area contributed by atoms with E-state index in [0.717, 1.165) is 9.47 Å². The van der Waals surface area contributed by atoms with Gasteiger partial charge < -0.3 is 10.0 Å². The summed E-state index contributed by atoms with van der Waals surface area (Å²) in [5.74, 6) is -1.17.